The van der Waals surface area contributed by atoms with E-state index in [1.807, 2.05) is 6.34 Å². The summed E-state index contributed by atoms with van der Waals surface area (Å²) in [6.45, 7) is 12.1. The lowest BCUT2D eigenvalue weighted by molar-refractivity contribution is 0.171. The Morgan fingerprint density at radius 3 is 2.64 bits per heavy atom. The molecule has 14 heavy (non-hydrogen) atoms. The van der Waals surface area contributed by atoms with Gasteiger partial charge in [0.2, 0.25) is 0 Å². The minimum atomic E-state index is 0.331. The standard InChI is InChI=1S/C11H23N3/c1-5-6-7-13-9-12-14(10-13)8-11(2,3)4/h9H,5-8,10H2,1-4H3. The third-order valence-electron chi connectivity index (χ3n) is 2.18. The molecular weight excluding hydrogens is 174 g/mol. The molecule has 0 unspecified atom stereocenters. The van der Waals surface area contributed by atoms with Gasteiger partial charge in [-0.05, 0) is 11.8 Å². The van der Waals surface area contributed by atoms with Crippen LogP contribution in [0.25, 0.3) is 0 Å². The molecule has 0 aromatic rings. The van der Waals surface area contributed by atoms with Crippen molar-refractivity contribution in [1.29, 1.82) is 0 Å². The molecule has 1 heterocycles. The number of unbranched alkanes of at least 4 members (excludes halogenated alkanes) is 1. The highest BCUT2D eigenvalue weighted by atomic mass is 15.6. The van der Waals surface area contributed by atoms with Crippen LogP contribution in [0, 0.1) is 5.41 Å². The van der Waals surface area contributed by atoms with Crippen LogP contribution in [0.2, 0.25) is 0 Å². The summed E-state index contributed by atoms with van der Waals surface area (Å²) in [6, 6.07) is 0. The van der Waals surface area contributed by atoms with Crippen LogP contribution in [0.4, 0.5) is 0 Å². The summed E-state index contributed by atoms with van der Waals surface area (Å²) in [5.74, 6) is 0. The monoisotopic (exact) mass is 197 g/mol. The molecule has 0 aliphatic carbocycles. The Kier molecular flexibility index (Phi) is 3.78. The van der Waals surface area contributed by atoms with Gasteiger partial charge in [0, 0.05) is 13.1 Å². The molecule has 0 saturated heterocycles. The van der Waals surface area contributed by atoms with Crippen molar-refractivity contribution >= 4 is 6.34 Å². The lowest BCUT2D eigenvalue weighted by atomic mass is 9.97. The minimum absolute atomic E-state index is 0.331. The average Bonchev–Trinajstić information content (AvgIpc) is 2.46. The zero-order valence-electron chi connectivity index (χ0n) is 9.95. The summed E-state index contributed by atoms with van der Waals surface area (Å²) in [6.07, 6.45) is 4.49. The summed E-state index contributed by atoms with van der Waals surface area (Å²) in [4.78, 5) is 2.29. The van der Waals surface area contributed by atoms with E-state index in [-0.39, 0.29) is 0 Å². The number of nitrogens with zero attached hydrogens (tertiary/aromatic N) is 3. The van der Waals surface area contributed by atoms with Crippen molar-refractivity contribution in [3.63, 3.8) is 0 Å². The van der Waals surface area contributed by atoms with Crippen LogP contribution in [0.1, 0.15) is 40.5 Å². The van der Waals surface area contributed by atoms with Crippen LogP contribution in [0.5, 0.6) is 0 Å². The molecular formula is C11H23N3. The first-order valence-corrected chi connectivity index (χ1v) is 5.54. The molecule has 3 nitrogen and oxygen atoms in total. The Labute approximate surface area is 87.8 Å². The summed E-state index contributed by atoms with van der Waals surface area (Å²) >= 11 is 0. The lowest BCUT2D eigenvalue weighted by Crippen LogP contribution is -2.32. The molecule has 0 saturated carbocycles. The number of hydrogen-bond donors (Lipinski definition) is 0. The summed E-state index contributed by atoms with van der Waals surface area (Å²) in [5.41, 5.74) is 0.331. The highest BCUT2D eigenvalue weighted by molar-refractivity contribution is 5.56. The van der Waals surface area contributed by atoms with Crippen LogP contribution < -0.4 is 0 Å². The maximum Gasteiger partial charge on any atom is 0.113 e. The van der Waals surface area contributed by atoms with Crippen LogP contribution in [-0.2, 0) is 0 Å². The molecule has 82 valence electrons. The molecule has 0 N–H and O–H groups in total. The zero-order valence-corrected chi connectivity index (χ0v) is 9.95. The van der Waals surface area contributed by atoms with E-state index in [1.165, 1.54) is 12.8 Å². The first-order chi connectivity index (χ1) is 6.51. The van der Waals surface area contributed by atoms with Crippen molar-refractivity contribution < 1.29 is 0 Å². The molecule has 0 radical (unpaired) electrons. The Hall–Kier alpha value is -0.730. The number of rotatable bonds is 4. The van der Waals surface area contributed by atoms with Crippen molar-refractivity contribution in [1.82, 2.24) is 9.91 Å². The van der Waals surface area contributed by atoms with Gasteiger partial charge in [0.1, 0.15) is 13.0 Å². The lowest BCUT2D eigenvalue weighted by Gasteiger charge is -2.26. The minimum Gasteiger partial charge on any atom is -0.342 e. The van der Waals surface area contributed by atoms with Crippen molar-refractivity contribution in [2.75, 3.05) is 19.8 Å². The maximum atomic E-state index is 4.39. The molecule has 3 heteroatoms. The van der Waals surface area contributed by atoms with Crippen LogP contribution in [-0.4, -0.2) is 36.0 Å². The SMILES string of the molecule is CCCCN1C=NN(CC(C)(C)C)C1. The Morgan fingerprint density at radius 2 is 2.07 bits per heavy atom. The van der Waals surface area contributed by atoms with Crippen LogP contribution in [0.3, 0.4) is 0 Å². The van der Waals surface area contributed by atoms with E-state index >= 15 is 0 Å². The zero-order chi connectivity index (χ0) is 10.6. The molecule has 0 spiro atoms. The second kappa shape index (κ2) is 4.67. The molecule has 1 aliphatic heterocycles. The van der Waals surface area contributed by atoms with Gasteiger partial charge in [-0.15, -0.1) is 0 Å². The van der Waals surface area contributed by atoms with E-state index in [0.29, 0.717) is 5.41 Å². The smallest absolute Gasteiger partial charge is 0.113 e. The number of hydrazone groups is 1. The van der Waals surface area contributed by atoms with Gasteiger partial charge in [0.05, 0.1) is 0 Å². The van der Waals surface area contributed by atoms with Crippen molar-refractivity contribution in [3.05, 3.63) is 0 Å². The highest BCUT2D eigenvalue weighted by Crippen LogP contribution is 2.17. The van der Waals surface area contributed by atoms with E-state index < -0.39 is 0 Å². The van der Waals surface area contributed by atoms with Gasteiger partial charge >= 0.3 is 0 Å². The van der Waals surface area contributed by atoms with E-state index in [1.54, 1.807) is 0 Å². The average molecular weight is 197 g/mol. The highest BCUT2D eigenvalue weighted by Gasteiger charge is 2.19. The van der Waals surface area contributed by atoms with Gasteiger partial charge < -0.3 is 4.90 Å². The fourth-order valence-electron chi connectivity index (χ4n) is 1.56. The Balaban J connectivity index is 2.25. The van der Waals surface area contributed by atoms with Crippen molar-refractivity contribution in [2.45, 2.75) is 40.5 Å². The van der Waals surface area contributed by atoms with Gasteiger partial charge in [-0.2, -0.15) is 5.10 Å². The first kappa shape index (κ1) is 11.3. The summed E-state index contributed by atoms with van der Waals surface area (Å²) < 4.78 is 0. The van der Waals surface area contributed by atoms with Gasteiger partial charge in [0.15, 0.2) is 0 Å². The van der Waals surface area contributed by atoms with Crippen molar-refractivity contribution in [2.24, 2.45) is 10.5 Å². The fourth-order valence-corrected chi connectivity index (χ4v) is 1.56. The van der Waals surface area contributed by atoms with Gasteiger partial charge in [0.25, 0.3) is 0 Å². The second-order valence-electron chi connectivity index (χ2n) is 5.26. The van der Waals surface area contributed by atoms with Crippen LogP contribution >= 0.6 is 0 Å². The summed E-state index contributed by atoms with van der Waals surface area (Å²) in [5, 5.41) is 6.54. The summed E-state index contributed by atoms with van der Waals surface area (Å²) in [7, 11) is 0. The fraction of sp³-hybridized carbons (Fsp3) is 0.909. The van der Waals surface area contributed by atoms with Gasteiger partial charge in [-0.25, -0.2) is 0 Å². The predicted molar refractivity (Wildman–Crippen MR) is 61.1 cm³/mol. The molecule has 0 fully saturated rings. The van der Waals surface area contributed by atoms with Crippen molar-refractivity contribution in [3.8, 4) is 0 Å². The topological polar surface area (TPSA) is 18.8 Å². The molecule has 0 aromatic carbocycles. The molecule has 0 bridgehead atoms. The first-order valence-electron chi connectivity index (χ1n) is 5.54. The third kappa shape index (κ3) is 3.99. The second-order valence-corrected chi connectivity index (χ2v) is 5.26. The van der Waals surface area contributed by atoms with E-state index in [0.717, 1.165) is 19.8 Å². The number of hydrogen-bond acceptors (Lipinski definition) is 3. The van der Waals surface area contributed by atoms with Gasteiger partial charge in [-0.3, -0.25) is 5.01 Å². The Bertz CT molecular complexity index is 193. The normalized spacial score (nSPS) is 16.9. The molecule has 1 aliphatic rings. The molecule has 1 rings (SSSR count). The van der Waals surface area contributed by atoms with Crippen LogP contribution in [0.15, 0.2) is 5.10 Å². The predicted octanol–water partition coefficient (Wildman–Crippen LogP) is 2.35. The molecule has 0 aromatic heterocycles. The largest absolute Gasteiger partial charge is 0.342 e. The Morgan fingerprint density at radius 1 is 1.36 bits per heavy atom. The van der Waals surface area contributed by atoms with E-state index in [2.05, 4.69) is 42.7 Å². The quantitative estimate of drug-likeness (QED) is 0.689. The molecule has 0 amide bonds. The molecule has 0 atom stereocenters. The third-order valence-corrected chi connectivity index (χ3v) is 2.18. The van der Waals surface area contributed by atoms with E-state index in [9.17, 15) is 0 Å². The van der Waals surface area contributed by atoms with E-state index in [4.69, 9.17) is 0 Å². The van der Waals surface area contributed by atoms with Gasteiger partial charge in [-0.1, -0.05) is 34.1 Å². The maximum absolute atomic E-state index is 4.39.